The van der Waals surface area contributed by atoms with E-state index in [1.807, 2.05) is 30.5 Å². The molecule has 0 aliphatic carbocycles. The highest BCUT2D eigenvalue weighted by Gasteiger charge is 2.37. The summed E-state index contributed by atoms with van der Waals surface area (Å²) >= 11 is 0. The van der Waals surface area contributed by atoms with Gasteiger partial charge in [-0.1, -0.05) is 68.4 Å². The van der Waals surface area contributed by atoms with Crippen LogP contribution in [0.4, 0.5) is 22.7 Å². The van der Waals surface area contributed by atoms with Gasteiger partial charge in [-0.25, -0.2) is 0 Å². The summed E-state index contributed by atoms with van der Waals surface area (Å²) in [5.74, 6) is 0. The standard InChI is InChI=1S/C32H27N3/c1-32(2)27-20-24(29-10-6-7-19-34-29)13-17-30(27)35(31-18-14-25(33)21-28(31)32)26-15-11-23(12-16-26)22-8-4-3-5-9-22/h3-21H,33H2,1-2H3. The topological polar surface area (TPSA) is 42.1 Å². The first-order valence-electron chi connectivity index (χ1n) is 11.9. The molecular weight excluding hydrogens is 426 g/mol. The molecule has 0 amide bonds. The summed E-state index contributed by atoms with van der Waals surface area (Å²) in [4.78, 5) is 6.94. The van der Waals surface area contributed by atoms with Gasteiger partial charge in [0, 0.05) is 28.6 Å². The molecule has 0 atom stereocenters. The largest absolute Gasteiger partial charge is 0.399 e. The molecule has 3 heteroatoms. The molecule has 0 fully saturated rings. The molecule has 0 saturated heterocycles. The summed E-state index contributed by atoms with van der Waals surface area (Å²) in [6.07, 6.45) is 1.84. The minimum atomic E-state index is -0.217. The van der Waals surface area contributed by atoms with Gasteiger partial charge < -0.3 is 10.6 Å². The number of nitrogen functional groups attached to an aromatic ring is 1. The highest BCUT2D eigenvalue weighted by atomic mass is 15.2. The van der Waals surface area contributed by atoms with Crippen molar-refractivity contribution in [1.29, 1.82) is 0 Å². The van der Waals surface area contributed by atoms with E-state index in [0.717, 1.165) is 28.3 Å². The molecule has 170 valence electrons. The number of nitrogens with two attached hydrogens (primary N) is 1. The van der Waals surface area contributed by atoms with Crippen LogP contribution in [0.25, 0.3) is 22.4 Å². The Morgan fingerprint density at radius 3 is 1.97 bits per heavy atom. The molecule has 3 nitrogen and oxygen atoms in total. The number of rotatable bonds is 3. The summed E-state index contributed by atoms with van der Waals surface area (Å²) < 4.78 is 0. The Hall–Kier alpha value is -4.37. The number of hydrogen-bond acceptors (Lipinski definition) is 3. The maximum Gasteiger partial charge on any atom is 0.0702 e. The van der Waals surface area contributed by atoms with Gasteiger partial charge in [0.15, 0.2) is 0 Å². The van der Waals surface area contributed by atoms with Gasteiger partial charge in [-0.05, 0) is 76.9 Å². The highest BCUT2D eigenvalue weighted by molar-refractivity contribution is 5.88. The van der Waals surface area contributed by atoms with Gasteiger partial charge in [-0.3, -0.25) is 4.98 Å². The Morgan fingerprint density at radius 1 is 0.629 bits per heavy atom. The number of hydrogen-bond donors (Lipinski definition) is 1. The fourth-order valence-corrected chi connectivity index (χ4v) is 5.16. The van der Waals surface area contributed by atoms with E-state index in [-0.39, 0.29) is 5.41 Å². The van der Waals surface area contributed by atoms with Gasteiger partial charge in [0.1, 0.15) is 0 Å². The van der Waals surface area contributed by atoms with Gasteiger partial charge in [0.2, 0.25) is 0 Å². The first-order valence-corrected chi connectivity index (χ1v) is 11.9. The number of fused-ring (bicyclic) bond motifs is 2. The predicted octanol–water partition coefficient (Wildman–Crippen LogP) is 8.11. The van der Waals surface area contributed by atoms with Gasteiger partial charge >= 0.3 is 0 Å². The van der Waals surface area contributed by atoms with Crippen LogP contribution < -0.4 is 10.6 Å². The van der Waals surface area contributed by atoms with E-state index in [1.54, 1.807) is 0 Å². The Bertz CT molecular complexity index is 1500. The number of aromatic nitrogens is 1. The quantitative estimate of drug-likeness (QED) is 0.281. The van der Waals surface area contributed by atoms with Crippen LogP contribution in [-0.2, 0) is 5.41 Å². The number of benzene rings is 4. The lowest BCUT2D eigenvalue weighted by molar-refractivity contribution is 0.632. The third-order valence-corrected chi connectivity index (χ3v) is 7.04. The van der Waals surface area contributed by atoms with Gasteiger partial charge in [-0.2, -0.15) is 0 Å². The fraction of sp³-hybridized carbons (Fsp3) is 0.0938. The minimum Gasteiger partial charge on any atom is -0.399 e. The zero-order valence-corrected chi connectivity index (χ0v) is 19.9. The number of pyridine rings is 1. The third kappa shape index (κ3) is 3.57. The minimum absolute atomic E-state index is 0.217. The maximum absolute atomic E-state index is 6.28. The number of anilines is 4. The molecule has 2 heterocycles. The summed E-state index contributed by atoms with van der Waals surface area (Å²) in [5, 5.41) is 0. The van der Waals surface area contributed by atoms with Crippen molar-refractivity contribution in [2.75, 3.05) is 10.6 Å². The summed E-state index contributed by atoms with van der Waals surface area (Å²) in [5.41, 5.74) is 17.3. The molecule has 1 aliphatic heterocycles. The Balaban J connectivity index is 1.53. The second kappa shape index (κ2) is 8.14. The van der Waals surface area contributed by atoms with Crippen LogP contribution in [0.2, 0.25) is 0 Å². The fourth-order valence-electron chi connectivity index (χ4n) is 5.16. The molecule has 0 saturated carbocycles. The Morgan fingerprint density at radius 2 is 1.26 bits per heavy atom. The molecule has 1 aliphatic rings. The molecule has 1 aromatic heterocycles. The van der Waals surface area contributed by atoms with Crippen molar-refractivity contribution in [3.8, 4) is 22.4 Å². The van der Waals surface area contributed by atoms with Crippen LogP contribution >= 0.6 is 0 Å². The van der Waals surface area contributed by atoms with E-state index in [4.69, 9.17) is 5.73 Å². The van der Waals surface area contributed by atoms with Gasteiger partial charge in [0.05, 0.1) is 17.1 Å². The second-order valence-corrected chi connectivity index (χ2v) is 9.60. The number of nitrogens with zero attached hydrogens (tertiary/aromatic N) is 2. The lowest BCUT2D eigenvalue weighted by atomic mass is 9.73. The van der Waals surface area contributed by atoms with Crippen LogP contribution in [0.3, 0.4) is 0 Å². The SMILES string of the molecule is CC1(C)c2cc(N)ccc2N(c2ccc(-c3ccccc3)cc2)c2ccc(-c3ccccn3)cc21. The van der Waals surface area contributed by atoms with Crippen molar-refractivity contribution in [3.05, 3.63) is 127 Å². The molecular formula is C32H27N3. The molecule has 2 N–H and O–H groups in total. The van der Waals surface area contributed by atoms with E-state index in [2.05, 4.69) is 109 Å². The van der Waals surface area contributed by atoms with Crippen LogP contribution in [0.5, 0.6) is 0 Å². The van der Waals surface area contributed by atoms with Crippen LogP contribution in [-0.4, -0.2) is 4.98 Å². The zero-order chi connectivity index (χ0) is 24.0. The van der Waals surface area contributed by atoms with E-state index in [1.165, 1.54) is 27.9 Å². The Labute approximate surface area is 206 Å². The molecule has 0 radical (unpaired) electrons. The molecule has 0 bridgehead atoms. The molecule has 5 aromatic rings. The average molecular weight is 454 g/mol. The predicted molar refractivity (Wildman–Crippen MR) is 146 cm³/mol. The summed E-state index contributed by atoms with van der Waals surface area (Å²) in [7, 11) is 0. The van der Waals surface area contributed by atoms with Crippen LogP contribution in [0, 0.1) is 0 Å². The van der Waals surface area contributed by atoms with Crippen molar-refractivity contribution in [3.63, 3.8) is 0 Å². The zero-order valence-electron chi connectivity index (χ0n) is 19.9. The van der Waals surface area contributed by atoms with Crippen molar-refractivity contribution in [2.24, 2.45) is 0 Å². The molecule has 0 spiro atoms. The molecule has 0 unspecified atom stereocenters. The average Bonchev–Trinajstić information content (AvgIpc) is 2.90. The van der Waals surface area contributed by atoms with Crippen molar-refractivity contribution in [2.45, 2.75) is 19.3 Å². The first kappa shape index (κ1) is 21.2. The normalized spacial score (nSPS) is 13.7. The van der Waals surface area contributed by atoms with E-state index in [9.17, 15) is 0 Å². The van der Waals surface area contributed by atoms with E-state index < -0.39 is 0 Å². The Kier molecular flexibility index (Phi) is 4.93. The van der Waals surface area contributed by atoms with Crippen LogP contribution in [0.15, 0.2) is 115 Å². The van der Waals surface area contributed by atoms with Crippen LogP contribution in [0.1, 0.15) is 25.0 Å². The summed E-state index contributed by atoms with van der Waals surface area (Å²) in [6.45, 7) is 4.56. The first-order chi connectivity index (χ1) is 17.0. The summed E-state index contributed by atoms with van der Waals surface area (Å²) in [6, 6.07) is 38.3. The van der Waals surface area contributed by atoms with Crippen molar-refractivity contribution < 1.29 is 0 Å². The lowest BCUT2D eigenvalue weighted by Gasteiger charge is -2.42. The van der Waals surface area contributed by atoms with Crippen molar-refractivity contribution in [1.82, 2.24) is 4.98 Å². The maximum atomic E-state index is 6.28. The molecule has 6 rings (SSSR count). The van der Waals surface area contributed by atoms with Crippen molar-refractivity contribution >= 4 is 22.7 Å². The smallest absolute Gasteiger partial charge is 0.0702 e. The van der Waals surface area contributed by atoms with E-state index >= 15 is 0 Å². The monoisotopic (exact) mass is 453 g/mol. The third-order valence-electron chi connectivity index (χ3n) is 7.04. The molecule has 4 aromatic carbocycles. The molecule has 35 heavy (non-hydrogen) atoms. The highest BCUT2D eigenvalue weighted by Crippen LogP contribution is 2.53. The van der Waals surface area contributed by atoms with Gasteiger partial charge in [-0.15, -0.1) is 0 Å². The second-order valence-electron chi connectivity index (χ2n) is 9.60. The lowest BCUT2D eigenvalue weighted by Crippen LogP contribution is -2.30. The van der Waals surface area contributed by atoms with E-state index in [0.29, 0.717) is 0 Å². The van der Waals surface area contributed by atoms with Gasteiger partial charge in [0.25, 0.3) is 0 Å².